The molecule has 1 aromatic rings. The summed E-state index contributed by atoms with van der Waals surface area (Å²) in [5.41, 5.74) is 0.288. The van der Waals surface area contributed by atoms with E-state index in [2.05, 4.69) is 27.8 Å². The van der Waals surface area contributed by atoms with Crippen LogP contribution in [-0.4, -0.2) is 35.6 Å². The fourth-order valence-electron chi connectivity index (χ4n) is 1.29. The van der Waals surface area contributed by atoms with Gasteiger partial charge in [0.25, 0.3) is 0 Å². The van der Waals surface area contributed by atoms with Gasteiger partial charge in [0.15, 0.2) is 0 Å². The lowest BCUT2D eigenvalue weighted by Crippen LogP contribution is -2.31. The molecule has 0 spiro atoms. The van der Waals surface area contributed by atoms with Crippen LogP contribution in [0.3, 0.4) is 0 Å². The molecule has 0 saturated carbocycles. The lowest BCUT2D eigenvalue weighted by molar-refractivity contribution is 0.0698. The van der Waals surface area contributed by atoms with E-state index < -0.39 is 5.97 Å². The Hall–Kier alpha value is -1.82. The van der Waals surface area contributed by atoms with Gasteiger partial charge in [-0.05, 0) is 18.2 Å². The molecule has 1 aromatic carbocycles. The van der Waals surface area contributed by atoms with E-state index in [-0.39, 0.29) is 17.3 Å². The molecule has 0 unspecified atom stereocenters. The molecule has 0 aromatic heterocycles. The van der Waals surface area contributed by atoms with Gasteiger partial charge >= 0.3 is 12.0 Å². The number of benzene rings is 1. The molecular weight excluding hydrogens is 300 g/mol. The van der Waals surface area contributed by atoms with E-state index >= 15 is 0 Å². The van der Waals surface area contributed by atoms with Crippen molar-refractivity contribution in [2.24, 2.45) is 0 Å². The molecule has 0 atom stereocenters. The number of hydrogen-bond donors (Lipinski definition) is 2. The Labute approximate surface area is 113 Å². The Morgan fingerprint density at radius 2 is 2.22 bits per heavy atom. The molecule has 0 saturated heterocycles. The molecule has 2 amide bonds. The summed E-state index contributed by atoms with van der Waals surface area (Å²) in [6.45, 7) is 3.91. The minimum Gasteiger partial charge on any atom is -0.478 e. The van der Waals surface area contributed by atoms with Crippen molar-refractivity contribution in [1.29, 1.82) is 0 Å². The molecule has 0 radical (unpaired) electrons. The number of aromatic carboxylic acids is 1. The van der Waals surface area contributed by atoms with Gasteiger partial charge in [0.2, 0.25) is 0 Å². The van der Waals surface area contributed by atoms with Crippen molar-refractivity contribution in [3.63, 3.8) is 0 Å². The molecule has 18 heavy (non-hydrogen) atoms. The van der Waals surface area contributed by atoms with Crippen LogP contribution >= 0.6 is 15.9 Å². The number of carboxylic acids is 1. The summed E-state index contributed by atoms with van der Waals surface area (Å²) in [6, 6.07) is 4.24. The maximum absolute atomic E-state index is 11.7. The average molecular weight is 313 g/mol. The van der Waals surface area contributed by atoms with Crippen LogP contribution in [0.2, 0.25) is 0 Å². The van der Waals surface area contributed by atoms with Crippen LogP contribution in [0.15, 0.2) is 35.3 Å². The first-order valence-electron chi connectivity index (χ1n) is 5.11. The van der Waals surface area contributed by atoms with Gasteiger partial charge in [-0.15, -0.1) is 6.58 Å². The first kappa shape index (κ1) is 14.2. The van der Waals surface area contributed by atoms with Crippen molar-refractivity contribution >= 4 is 33.6 Å². The predicted octanol–water partition coefficient (Wildman–Crippen LogP) is 2.80. The van der Waals surface area contributed by atoms with Crippen LogP contribution in [0.1, 0.15) is 10.4 Å². The number of amides is 2. The number of carbonyl (C=O) groups excluding carboxylic acids is 1. The van der Waals surface area contributed by atoms with Gasteiger partial charge in [-0.2, -0.15) is 0 Å². The van der Waals surface area contributed by atoms with Crippen molar-refractivity contribution in [3.05, 3.63) is 40.9 Å². The molecule has 2 N–H and O–H groups in total. The molecule has 1 rings (SSSR count). The van der Waals surface area contributed by atoms with Crippen LogP contribution < -0.4 is 5.32 Å². The summed E-state index contributed by atoms with van der Waals surface area (Å²) in [7, 11) is 1.59. The van der Waals surface area contributed by atoms with Crippen molar-refractivity contribution in [2.45, 2.75) is 0 Å². The van der Waals surface area contributed by atoms with E-state index in [0.717, 1.165) is 0 Å². The number of halogens is 1. The van der Waals surface area contributed by atoms with Crippen molar-refractivity contribution in [2.75, 3.05) is 18.9 Å². The van der Waals surface area contributed by atoms with Crippen LogP contribution in [0, 0.1) is 0 Å². The van der Waals surface area contributed by atoms with E-state index in [9.17, 15) is 9.59 Å². The maximum Gasteiger partial charge on any atom is 0.337 e. The normalized spacial score (nSPS) is 9.67. The van der Waals surface area contributed by atoms with Gasteiger partial charge in [-0.25, -0.2) is 9.59 Å². The molecule has 5 nitrogen and oxygen atoms in total. The van der Waals surface area contributed by atoms with E-state index in [1.54, 1.807) is 19.2 Å². The van der Waals surface area contributed by atoms with Crippen molar-refractivity contribution in [1.82, 2.24) is 4.90 Å². The van der Waals surface area contributed by atoms with Crippen LogP contribution in [0.25, 0.3) is 0 Å². The molecule has 96 valence electrons. The second-order valence-electron chi connectivity index (χ2n) is 3.59. The van der Waals surface area contributed by atoms with Gasteiger partial charge in [-0.1, -0.05) is 22.0 Å². The summed E-state index contributed by atoms with van der Waals surface area (Å²) in [4.78, 5) is 24.2. The fraction of sp³-hybridized carbons (Fsp3) is 0.167. The summed E-state index contributed by atoms with van der Waals surface area (Å²) in [5, 5.41) is 11.6. The predicted molar refractivity (Wildman–Crippen MR) is 72.9 cm³/mol. The Kier molecular flexibility index (Phi) is 4.91. The minimum atomic E-state index is -1.10. The average Bonchev–Trinajstić information content (AvgIpc) is 2.31. The quantitative estimate of drug-likeness (QED) is 0.840. The topological polar surface area (TPSA) is 69.6 Å². The van der Waals surface area contributed by atoms with Gasteiger partial charge in [0.1, 0.15) is 0 Å². The second-order valence-corrected chi connectivity index (χ2v) is 4.51. The summed E-state index contributed by atoms with van der Waals surface area (Å²) in [6.07, 6.45) is 1.58. The zero-order chi connectivity index (χ0) is 13.7. The summed E-state index contributed by atoms with van der Waals surface area (Å²) >= 11 is 3.18. The monoisotopic (exact) mass is 312 g/mol. The van der Waals surface area contributed by atoms with Gasteiger partial charge in [0, 0.05) is 18.1 Å². The van der Waals surface area contributed by atoms with Gasteiger partial charge in [0.05, 0.1) is 11.3 Å². The molecule has 0 bridgehead atoms. The zero-order valence-electron chi connectivity index (χ0n) is 9.81. The van der Waals surface area contributed by atoms with Crippen molar-refractivity contribution < 1.29 is 14.7 Å². The number of carboxylic acid groups (broad SMARTS) is 1. The number of carbonyl (C=O) groups is 2. The molecule has 6 heteroatoms. The first-order chi connectivity index (χ1) is 8.45. The number of hydrogen-bond acceptors (Lipinski definition) is 2. The van der Waals surface area contributed by atoms with Gasteiger partial charge in [-0.3, -0.25) is 0 Å². The maximum atomic E-state index is 11.7. The SMILES string of the molecule is C=CCN(C)C(=O)Nc1ccc(Br)cc1C(=O)O. The highest BCUT2D eigenvalue weighted by Gasteiger charge is 2.14. The number of rotatable bonds is 4. The van der Waals surface area contributed by atoms with Crippen LogP contribution in [0.5, 0.6) is 0 Å². The molecular formula is C12H13BrN2O3. The van der Waals surface area contributed by atoms with E-state index in [4.69, 9.17) is 5.11 Å². The Bertz CT molecular complexity index is 488. The lowest BCUT2D eigenvalue weighted by atomic mass is 10.2. The molecule has 0 aliphatic rings. The third-order valence-electron chi connectivity index (χ3n) is 2.20. The highest BCUT2D eigenvalue weighted by Crippen LogP contribution is 2.21. The number of urea groups is 1. The smallest absolute Gasteiger partial charge is 0.337 e. The second kappa shape index (κ2) is 6.20. The largest absolute Gasteiger partial charge is 0.478 e. The lowest BCUT2D eigenvalue weighted by Gasteiger charge is -2.17. The Morgan fingerprint density at radius 3 is 2.78 bits per heavy atom. The first-order valence-corrected chi connectivity index (χ1v) is 5.91. The fourth-order valence-corrected chi connectivity index (χ4v) is 1.65. The van der Waals surface area contributed by atoms with E-state index in [0.29, 0.717) is 11.0 Å². The third-order valence-corrected chi connectivity index (χ3v) is 2.70. The molecule has 0 fully saturated rings. The van der Waals surface area contributed by atoms with Gasteiger partial charge < -0.3 is 15.3 Å². The zero-order valence-corrected chi connectivity index (χ0v) is 11.4. The standard InChI is InChI=1S/C12H13BrN2O3/c1-3-6-15(2)12(18)14-10-5-4-8(13)7-9(10)11(16)17/h3-5,7H,1,6H2,2H3,(H,14,18)(H,16,17). The number of anilines is 1. The molecule has 0 aliphatic carbocycles. The molecule has 0 aliphatic heterocycles. The Balaban J connectivity index is 2.93. The van der Waals surface area contributed by atoms with E-state index in [1.165, 1.54) is 17.0 Å². The van der Waals surface area contributed by atoms with E-state index in [1.807, 2.05) is 0 Å². The highest BCUT2D eigenvalue weighted by atomic mass is 79.9. The summed E-state index contributed by atoms with van der Waals surface area (Å²) in [5.74, 6) is -1.10. The van der Waals surface area contributed by atoms with Crippen LogP contribution in [0.4, 0.5) is 10.5 Å². The summed E-state index contributed by atoms with van der Waals surface area (Å²) < 4.78 is 0.636. The number of nitrogens with one attached hydrogen (secondary N) is 1. The highest BCUT2D eigenvalue weighted by molar-refractivity contribution is 9.10. The Morgan fingerprint density at radius 1 is 1.56 bits per heavy atom. The molecule has 0 heterocycles. The number of likely N-dealkylation sites (N-methyl/N-ethyl adjacent to an activating group) is 1. The number of nitrogens with zero attached hydrogens (tertiary/aromatic N) is 1. The van der Waals surface area contributed by atoms with Crippen molar-refractivity contribution in [3.8, 4) is 0 Å². The van der Waals surface area contributed by atoms with Crippen LogP contribution in [-0.2, 0) is 0 Å². The third kappa shape index (κ3) is 3.59. The minimum absolute atomic E-state index is 0.0322.